The van der Waals surface area contributed by atoms with E-state index in [0.29, 0.717) is 11.3 Å². The van der Waals surface area contributed by atoms with Crippen molar-refractivity contribution in [2.24, 2.45) is 11.8 Å². The van der Waals surface area contributed by atoms with Crippen molar-refractivity contribution in [1.29, 1.82) is 0 Å². The summed E-state index contributed by atoms with van der Waals surface area (Å²) in [7, 11) is 0. The van der Waals surface area contributed by atoms with Crippen LogP contribution in [0.3, 0.4) is 0 Å². The first kappa shape index (κ1) is 18.1. The second-order valence-electron chi connectivity index (χ2n) is 8.55. The first-order valence-corrected chi connectivity index (χ1v) is 8.95. The summed E-state index contributed by atoms with van der Waals surface area (Å²) in [5.41, 5.74) is -1.67. The Kier molecular flexibility index (Phi) is 3.58. The summed E-state index contributed by atoms with van der Waals surface area (Å²) < 4.78 is 14.0. The predicted molar refractivity (Wildman–Crippen MR) is 93.9 cm³/mol. The number of carbonyl (C=O) groups is 3. The average Bonchev–Trinajstić information content (AvgIpc) is 3.13. The third-order valence-electron chi connectivity index (χ3n) is 5.80. The minimum Gasteiger partial charge on any atom is -0.392 e. The van der Waals surface area contributed by atoms with Crippen molar-refractivity contribution in [1.82, 2.24) is 10.2 Å². The van der Waals surface area contributed by atoms with Gasteiger partial charge in [0.1, 0.15) is 11.4 Å². The Balaban J connectivity index is 1.95. The Morgan fingerprint density at radius 1 is 1.22 bits per heavy atom. The van der Waals surface area contributed by atoms with Crippen LogP contribution in [0.15, 0.2) is 18.2 Å². The fourth-order valence-electron chi connectivity index (χ4n) is 4.78. The minimum absolute atomic E-state index is 0.294. The van der Waals surface area contributed by atoms with Crippen LogP contribution in [0.1, 0.15) is 33.3 Å². The number of nitrogens with one attached hydrogen (secondary N) is 2. The molecule has 0 radical (unpaired) electrons. The van der Waals surface area contributed by atoms with Gasteiger partial charge in [0.2, 0.25) is 17.7 Å². The number of anilines is 1. The summed E-state index contributed by atoms with van der Waals surface area (Å²) in [5.74, 6) is -3.93. The summed E-state index contributed by atoms with van der Waals surface area (Å²) in [4.78, 5) is 40.7. The molecule has 7 nitrogen and oxygen atoms in total. The molecule has 2 fully saturated rings. The number of amides is 3. The SMILES string of the molecule is C[C@H](O)[C@@H]1N[C@]2(C(=O)Nc3ccc(F)cc32)[C@@H]2C(=O)N(C(C)(C)C)C(=O)[C@H]12. The summed E-state index contributed by atoms with van der Waals surface area (Å²) in [6, 6.07) is 3.06. The van der Waals surface area contributed by atoms with Gasteiger partial charge in [0.25, 0.3) is 0 Å². The molecule has 3 heterocycles. The summed E-state index contributed by atoms with van der Waals surface area (Å²) >= 11 is 0. The van der Waals surface area contributed by atoms with Gasteiger partial charge in [-0.2, -0.15) is 0 Å². The maximum atomic E-state index is 14.0. The molecule has 0 bridgehead atoms. The summed E-state index contributed by atoms with van der Waals surface area (Å²) in [5, 5.41) is 16.0. The third-order valence-corrected chi connectivity index (χ3v) is 5.80. The number of rotatable bonds is 1. The Morgan fingerprint density at radius 2 is 1.89 bits per heavy atom. The zero-order valence-corrected chi connectivity index (χ0v) is 15.5. The highest BCUT2D eigenvalue weighted by atomic mass is 19.1. The van der Waals surface area contributed by atoms with Crippen LogP contribution in [0.4, 0.5) is 10.1 Å². The number of likely N-dealkylation sites (tertiary alicyclic amines) is 1. The first-order chi connectivity index (χ1) is 12.5. The average molecular weight is 375 g/mol. The van der Waals surface area contributed by atoms with Gasteiger partial charge in [-0.15, -0.1) is 0 Å². The van der Waals surface area contributed by atoms with Crippen molar-refractivity contribution in [3.63, 3.8) is 0 Å². The Morgan fingerprint density at radius 3 is 2.48 bits per heavy atom. The van der Waals surface area contributed by atoms with Gasteiger partial charge in [-0.05, 0) is 45.9 Å². The molecule has 8 heteroatoms. The van der Waals surface area contributed by atoms with Crippen molar-refractivity contribution in [2.45, 2.75) is 50.9 Å². The van der Waals surface area contributed by atoms with Crippen molar-refractivity contribution < 1.29 is 23.9 Å². The lowest BCUT2D eigenvalue weighted by Gasteiger charge is -2.35. The number of imide groups is 1. The Hall–Kier alpha value is -2.32. The maximum Gasteiger partial charge on any atom is 0.250 e. The van der Waals surface area contributed by atoms with Crippen LogP contribution in [0.5, 0.6) is 0 Å². The molecule has 0 unspecified atom stereocenters. The predicted octanol–water partition coefficient (Wildman–Crippen LogP) is 0.725. The smallest absolute Gasteiger partial charge is 0.250 e. The molecule has 1 aromatic rings. The van der Waals surface area contributed by atoms with E-state index in [0.717, 1.165) is 0 Å². The molecule has 2 saturated heterocycles. The number of aliphatic hydroxyl groups excluding tert-OH is 1. The Labute approximate surface area is 155 Å². The fourth-order valence-corrected chi connectivity index (χ4v) is 4.78. The van der Waals surface area contributed by atoms with Crippen LogP contribution in [-0.2, 0) is 19.9 Å². The molecule has 27 heavy (non-hydrogen) atoms. The molecular weight excluding hydrogens is 353 g/mol. The number of hydrogen-bond donors (Lipinski definition) is 3. The van der Waals surface area contributed by atoms with Crippen LogP contribution in [0.25, 0.3) is 0 Å². The zero-order chi connectivity index (χ0) is 19.9. The number of fused-ring (bicyclic) bond motifs is 4. The summed E-state index contributed by atoms with van der Waals surface area (Å²) in [6.07, 6.45) is -0.987. The van der Waals surface area contributed by atoms with E-state index in [1.165, 1.54) is 30.0 Å². The molecule has 1 spiro atoms. The van der Waals surface area contributed by atoms with Gasteiger partial charge in [0.05, 0.1) is 17.9 Å². The van der Waals surface area contributed by atoms with E-state index < -0.39 is 58.6 Å². The van der Waals surface area contributed by atoms with Crippen molar-refractivity contribution >= 4 is 23.4 Å². The number of aliphatic hydroxyl groups is 1. The van der Waals surface area contributed by atoms with Gasteiger partial charge in [-0.25, -0.2) is 4.39 Å². The van der Waals surface area contributed by atoms with E-state index in [4.69, 9.17) is 0 Å². The van der Waals surface area contributed by atoms with Gasteiger partial charge in [-0.3, -0.25) is 24.6 Å². The lowest BCUT2D eigenvalue weighted by molar-refractivity contribution is -0.148. The normalized spacial score (nSPS) is 33.5. The van der Waals surface area contributed by atoms with Crippen molar-refractivity contribution in [2.75, 3.05) is 5.32 Å². The monoisotopic (exact) mass is 375 g/mol. The van der Waals surface area contributed by atoms with Crippen LogP contribution in [0, 0.1) is 17.7 Å². The molecule has 3 amide bonds. The second-order valence-corrected chi connectivity index (χ2v) is 8.55. The highest BCUT2D eigenvalue weighted by molar-refractivity contribution is 6.15. The third kappa shape index (κ3) is 2.17. The molecule has 0 aromatic heterocycles. The van der Waals surface area contributed by atoms with Gasteiger partial charge >= 0.3 is 0 Å². The van der Waals surface area contributed by atoms with Crippen LogP contribution >= 0.6 is 0 Å². The largest absolute Gasteiger partial charge is 0.392 e. The van der Waals surface area contributed by atoms with E-state index >= 15 is 0 Å². The van der Waals surface area contributed by atoms with E-state index in [1.807, 2.05) is 0 Å². The maximum absolute atomic E-state index is 14.0. The Bertz CT molecular complexity index is 878. The molecule has 144 valence electrons. The van der Waals surface area contributed by atoms with Gasteiger partial charge in [0.15, 0.2) is 0 Å². The zero-order valence-electron chi connectivity index (χ0n) is 15.5. The van der Waals surface area contributed by atoms with Crippen LogP contribution in [0.2, 0.25) is 0 Å². The lowest BCUT2D eigenvalue weighted by atomic mass is 9.76. The highest BCUT2D eigenvalue weighted by Gasteiger charge is 2.72. The molecule has 3 aliphatic heterocycles. The topological polar surface area (TPSA) is 98.7 Å². The van der Waals surface area contributed by atoms with Crippen molar-refractivity contribution in [3.05, 3.63) is 29.6 Å². The molecule has 3 N–H and O–H groups in total. The van der Waals surface area contributed by atoms with E-state index in [2.05, 4.69) is 10.6 Å². The quantitative estimate of drug-likeness (QED) is 0.629. The summed E-state index contributed by atoms with van der Waals surface area (Å²) in [6.45, 7) is 6.72. The molecule has 4 rings (SSSR count). The number of halogens is 1. The molecular formula is C19H22FN3O4. The van der Waals surface area contributed by atoms with Gasteiger partial charge in [0, 0.05) is 22.8 Å². The number of carbonyl (C=O) groups excluding carboxylic acids is 3. The molecule has 1 aromatic carbocycles. The fraction of sp³-hybridized carbons (Fsp3) is 0.526. The molecule has 5 atom stereocenters. The molecule has 0 aliphatic carbocycles. The second kappa shape index (κ2) is 5.36. The number of benzene rings is 1. The highest BCUT2D eigenvalue weighted by Crippen LogP contribution is 2.54. The molecule has 3 aliphatic rings. The van der Waals surface area contributed by atoms with Crippen LogP contribution < -0.4 is 10.6 Å². The van der Waals surface area contributed by atoms with Crippen LogP contribution in [-0.4, -0.2) is 45.4 Å². The number of nitrogens with zero attached hydrogens (tertiary/aromatic N) is 1. The van der Waals surface area contributed by atoms with E-state index in [1.54, 1.807) is 20.8 Å². The minimum atomic E-state index is -1.59. The molecule has 0 saturated carbocycles. The number of hydrogen-bond acceptors (Lipinski definition) is 5. The van der Waals surface area contributed by atoms with Gasteiger partial charge < -0.3 is 10.4 Å². The lowest BCUT2D eigenvalue weighted by Crippen LogP contribution is -2.57. The van der Waals surface area contributed by atoms with Gasteiger partial charge in [-0.1, -0.05) is 0 Å². The van der Waals surface area contributed by atoms with Crippen molar-refractivity contribution in [3.8, 4) is 0 Å². The van der Waals surface area contributed by atoms with E-state index in [-0.39, 0.29) is 0 Å². The van der Waals surface area contributed by atoms with E-state index in [9.17, 15) is 23.9 Å². The standard InChI is InChI=1S/C19H22FN3O4/c1-8(24)14-12-13(16(26)23(15(12)25)18(2,3)4)19(22-14)10-7-9(20)5-6-11(10)21-17(19)27/h5-8,12-14,22,24H,1-4H3,(H,21,27)/t8-,12-,13-,14-,19-/m0/s1. The first-order valence-electron chi connectivity index (χ1n) is 8.95.